The van der Waals surface area contributed by atoms with E-state index in [2.05, 4.69) is 10.4 Å². The number of nitrogens with two attached hydrogens (primary N) is 1. The number of ether oxygens (including phenoxy) is 1. The number of hydrogen-bond donors (Lipinski definition) is 2. The van der Waals surface area contributed by atoms with Crippen molar-refractivity contribution < 1.29 is 9.53 Å². The molecule has 2 aromatic heterocycles. The number of nitrogens with zero attached hydrogens (tertiary/aromatic N) is 3. The van der Waals surface area contributed by atoms with Gasteiger partial charge in [0.25, 0.3) is 11.5 Å². The smallest absolute Gasteiger partial charge is 0.256 e. The Morgan fingerprint density at radius 1 is 1.09 bits per heavy atom. The molecule has 3 N–H and O–H groups in total. The zero-order valence-corrected chi connectivity index (χ0v) is 20.0. The van der Waals surface area contributed by atoms with E-state index in [9.17, 15) is 9.59 Å². The number of halogens is 1. The molecule has 2 aromatic carbocycles. The average Bonchev–Trinajstić information content (AvgIpc) is 3.20. The molecule has 180 valence electrons. The molecule has 0 saturated heterocycles. The van der Waals surface area contributed by atoms with Crippen LogP contribution >= 0.6 is 11.6 Å². The van der Waals surface area contributed by atoms with Gasteiger partial charge in [0.1, 0.15) is 17.9 Å². The molecule has 4 aromatic rings. The van der Waals surface area contributed by atoms with Crippen molar-refractivity contribution in [3.05, 3.63) is 111 Å². The molecule has 4 rings (SSSR count). The van der Waals surface area contributed by atoms with Gasteiger partial charge in [-0.1, -0.05) is 48.0 Å². The molecule has 0 aliphatic carbocycles. The van der Waals surface area contributed by atoms with Crippen molar-refractivity contribution in [2.24, 2.45) is 0 Å². The summed E-state index contributed by atoms with van der Waals surface area (Å²) in [4.78, 5) is 24.6. The van der Waals surface area contributed by atoms with Gasteiger partial charge in [-0.05, 0) is 42.3 Å². The van der Waals surface area contributed by atoms with E-state index in [0.717, 1.165) is 11.1 Å². The van der Waals surface area contributed by atoms with Gasteiger partial charge in [-0.25, -0.2) is 0 Å². The Morgan fingerprint density at radius 3 is 2.54 bits per heavy atom. The third-order valence-electron chi connectivity index (χ3n) is 5.33. The Morgan fingerprint density at radius 2 is 1.83 bits per heavy atom. The third-order valence-corrected chi connectivity index (χ3v) is 5.56. The second kappa shape index (κ2) is 10.9. The van der Waals surface area contributed by atoms with E-state index >= 15 is 0 Å². The van der Waals surface area contributed by atoms with Gasteiger partial charge in [0.05, 0.1) is 19.1 Å². The molecule has 9 heteroatoms. The first kappa shape index (κ1) is 24.1. The first-order valence-electron chi connectivity index (χ1n) is 11.1. The quantitative estimate of drug-likeness (QED) is 0.372. The lowest BCUT2D eigenvalue weighted by molar-refractivity contribution is 0.0927. The fraction of sp³-hybridized carbons (Fsp3) is 0.192. The van der Waals surface area contributed by atoms with Crippen molar-refractivity contribution in [1.82, 2.24) is 19.7 Å². The molecule has 0 aliphatic heterocycles. The molecule has 0 bridgehead atoms. The van der Waals surface area contributed by atoms with Crippen molar-refractivity contribution in [3.8, 4) is 5.75 Å². The number of benzene rings is 2. The summed E-state index contributed by atoms with van der Waals surface area (Å²) in [6.45, 7) is 3.07. The lowest BCUT2D eigenvalue weighted by Gasteiger charge is -2.14. The third kappa shape index (κ3) is 6.51. The molecule has 0 saturated carbocycles. The van der Waals surface area contributed by atoms with Gasteiger partial charge in [0.15, 0.2) is 5.82 Å². The SMILES string of the molecule is CC(COc1cccc(Cl)c1)NC(=O)c1cn(Cc2ccc(Cn3ccccc3=O)cc2)nc1N. The maximum atomic E-state index is 12.7. The molecule has 2 heterocycles. The van der Waals surface area contributed by atoms with Crippen LogP contribution in [0.3, 0.4) is 0 Å². The molecule has 0 aliphatic rings. The molecular formula is C26H26ClN5O3. The van der Waals surface area contributed by atoms with Crippen LogP contribution < -0.4 is 21.3 Å². The van der Waals surface area contributed by atoms with E-state index < -0.39 is 0 Å². The zero-order chi connectivity index (χ0) is 24.8. The average molecular weight is 492 g/mol. The van der Waals surface area contributed by atoms with Gasteiger partial charge in [-0.15, -0.1) is 0 Å². The van der Waals surface area contributed by atoms with E-state index in [-0.39, 0.29) is 29.9 Å². The predicted molar refractivity (Wildman–Crippen MR) is 136 cm³/mol. The summed E-state index contributed by atoms with van der Waals surface area (Å²) in [5.74, 6) is 0.470. The highest BCUT2D eigenvalue weighted by Gasteiger charge is 2.17. The molecular weight excluding hydrogens is 466 g/mol. The van der Waals surface area contributed by atoms with Crippen LogP contribution in [0.4, 0.5) is 5.82 Å². The van der Waals surface area contributed by atoms with Crippen molar-refractivity contribution >= 4 is 23.3 Å². The minimum atomic E-state index is -0.320. The fourth-order valence-electron chi connectivity index (χ4n) is 3.54. The van der Waals surface area contributed by atoms with Crippen LogP contribution in [-0.4, -0.2) is 32.9 Å². The minimum Gasteiger partial charge on any atom is -0.491 e. The first-order valence-corrected chi connectivity index (χ1v) is 11.5. The molecule has 0 fully saturated rings. The van der Waals surface area contributed by atoms with Gasteiger partial charge < -0.3 is 20.4 Å². The Kier molecular flexibility index (Phi) is 7.52. The highest BCUT2D eigenvalue weighted by Crippen LogP contribution is 2.17. The number of nitrogen functional groups attached to an aromatic ring is 1. The summed E-state index contributed by atoms with van der Waals surface area (Å²) in [7, 11) is 0. The number of rotatable bonds is 9. The Bertz CT molecular complexity index is 1360. The van der Waals surface area contributed by atoms with Crippen LogP contribution in [0.2, 0.25) is 5.02 Å². The van der Waals surface area contributed by atoms with Crippen molar-refractivity contribution in [2.75, 3.05) is 12.3 Å². The van der Waals surface area contributed by atoms with Crippen LogP contribution in [0, 0.1) is 0 Å². The van der Waals surface area contributed by atoms with Gasteiger partial charge in [-0.2, -0.15) is 5.10 Å². The molecule has 35 heavy (non-hydrogen) atoms. The van der Waals surface area contributed by atoms with Gasteiger partial charge in [0.2, 0.25) is 0 Å². The van der Waals surface area contributed by atoms with Crippen molar-refractivity contribution in [2.45, 2.75) is 26.1 Å². The fourth-order valence-corrected chi connectivity index (χ4v) is 3.72. The monoisotopic (exact) mass is 491 g/mol. The predicted octanol–water partition coefficient (Wildman–Crippen LogP) is 3.57. The van der Waals surface area contributed by atoms with E-state index in [1.165, 1.54) is 6.07 Å². The first-order chi connectivity index (χ1) is 16.9. The van der Waals surface area contributed by atoms with Crippen LogP contribution in [0.25, 0.3) is 0 Å². The number of amides is 1. The lowest BCUT2D eigenvalue weighted by Crippen LogP contribution is -2.36. The number of anilines is 1. The van der Waals surface area contributed by atoms with Gasteiger partial charge in [0, 0.05) is 23.5 Å². The van der Waals surface area contributed by atoms with Crippen LogP contribution in [0.5, 0.6) is 5.75 Å². The Balaban J connectivity index is 1.33. The molecule has 1 atom stereocenters. The van der Waals surface area contributed by atoms with E-state index in [1.54, 1.807) is 52.0 Å². The van der Waals surface area contributed by atoms with Crippen molar-refractivity contribution in [1.29, 1.82) is 0 Å². The van der Waals surface area contributed by atoms with E-state index in [0.29, 0.717) is 29.4 Å². The highest BCUT2D eigenvalue weighted by molar-refractivity contribution is 6.30. The largest absolute Gasteiger partial charge is 0.491 e. The maximum absolute atomic E-state index is 12.7. The second-order valence-corrected chi connectivity index (χ2v) is 8.69. The summed E-state index contributed by atoms with van der Waals surface area (Å²) < 4.78 is 8.96. The maximum Gasteiger partial charge on any atom is 0.256 e. The van der Waals surface area contributed by atoms with Crippen molar-refractivity contribution in [3.63, 3.8) is 0 Å². The summed E-state index contributed by atoms with van der Waals surface area (Å²) in [6, 6.07) is 19.8. The molecule has 1 unspecified atom stereocenters. The zero-order valence-electron chi connectivity index (χ0n) is 19.2. The molecule has 8 nitrogen and oxygen atoms in total. The summed E-state index contributed by atoms with van der Waals surface area (Å²) in [6.07, 6.45) is 3.40. The number of nitrogens with one attached hydrogen (secondary N) is 1. The number of carbonyl (C=O) groups is 1. The number of hydrogen-bond acceptors (Lipinski definition) is 5. The standard InChI is InChI=1S/C26H26ClN5O3/c1-18(17-35-22-6-4-5-21(27)13-22)29-26(34)23-16-32(30-25(23)28)15-20-10-8-19(9-11-20)14-31-12-3-2-7-24(31)33/h2-13,16,18H,14-15,17H2,1H3,(H2,28,30)(H,29,34). The Hall–Kier alpha value is -4.04. The normalized spacial score (nSPS) is 11.7. The van der Waals surface area contributed by atoms with Gasteiger partial charge in [-0.3, -0.25) is 14.3 Å². The van der Waals surface area contributed by atoms with Crippen LogP contribution in [0.15, 0.2) is 83.9 Å². The van der Waals surface area contributed by atoms with E-state index in [4.69, 9.17) is 22.1 Å². The number of aromatic nitrogens is 3. The Labute approximate surface area is 207 Å². The molecule has 0 spiro atoms. The van der Waals surface area contributed by atoms with Crippen LogP contribution in [-0.2, 0) is 13.1 Å². The molecule has 0 radical (unpaired) electrons. The minimum absolute atomic E-state index is 0.0419. The lowest BCUT2D eigenvalue weighted by atomic mass is 10.1. The second-order valence-electron chi connectivity index (χ2n) is 8.25. The molecule has 1 amide bonds. The number of pyridine rings is 1. The summed E-state index contributed by atoms with van der Waals surface area (Å²) >= 11 is 5.96. The highest BCUT2D eigenvalue weighted by atomic mass is 35.5. The van der Waals surface area contributed by atoms with Crippen LogP contribution in [0.1, 0.15) is 28.4 Å². The summed E-state index contributed by atoms with van der Waals surface area (Å²) in [5.41, 5.74) is 8.27. The van der Waals surface area contributed by atoms with E-state index in [1.807, 2.05) is 37.3 Å². The van der Waals surface area contributed by atoms with Gasteiger partial charge >= 0.3 is 0 Å². The topological polar surface area (TPSA) is 104 Å². The summed E-state index contributed by atoms with van der Waals surface area (Å²) in [5, 5.41) is 7.74. The number of carbonyl (C=O) groups excluding carboxylic acids is 1.